The number of fused-ring (bicyclic) bond motifs is 1. The molecule has 0 spiro atoms. The summed E-state index contributed by atoms with van der Waals surface area (Å²) in [5.74, 6) is -0.0461. The van der Waals surface area contributed by atoms with Gasteiger partial charge in [0.2, 0.25) is 5.91 Å². The highest BCUT2D eigenvalue weighted by Gasteiger charge is 2.15. The van der Waals surface area contributed by atoms with Crippen LogP contribution in [-0.2, 0) is 4.79 Å². The smallest absolute Gasteiger partial charge is 0.271 e. The van der Waals surface area contributed by atoms with Crippen LogP contribution >= 0.6 is 35.3 Å². The minimum atomic E-state index is -0.259. The lowest BCUT2D eigenvalue weighted by atomic mass is 10.1. The van der Waals surface area contributed by atoms with Crippen molar-refractivity contribution in [2.75, 3.05) is 11.1 Å². The lowest BCUT2D eigenvalue weighted by Gasteiger charge is -2.09. The zero-order chi connectivity index (χ0) is 22.1. The number of anilines is 1. The first-order valence-corrected chi connectivity index (χ1v) is 11.8. The fourth-order valence-corrected chi connectivity index (χ4v) is 5.28. The number of aromatic amines is 1. The molecule has 4 rings (SSSR count). The van der Waals surface area contributed by atoms with Crippen LogP contribution in [0.15, 0.2) is 52.4 Å². The standard InChI is InChI=1S/C22H20N4O2S3/c1-12-8-13(2)10-15(9-12)23-17(27)11-30-21-24-19-18(20(28)25-21)31-22(29)26(19)16-7-5-4-6-14(16)3/h4-10H,11H2,1-3H3,(H,23,27)(H,24,25,28). The fraction of sp³-hybridized carbons (Fsp3) is 0.182. The maximum absolute atomic E-state index is 12.6. The van der Waals surface area contributed by atoms with Crippen molar-refractivity contribution in [1.82, 2.24) is 14.5 Å². The van der Waals surface area contributed by atoms with Crippen LogP contribution < -0.4 is 10.9 Å². The van der Waals surface area contributed by atoms with Crippen LogP contribution in [0.3, 0.4) is 0 Å². The maximum Gasteiger partial charge on any atom is 0.271 e. The van der Waals surface area contributed by atoms with Gasteiger partial charge in [0.25, 0.3) is 5.56 Å². The number of aryl methyl sites for hydroxylation is 3. The number of nitrogens with zero attached hydrogens (tertiary/aromatic N) is 2. The summed E-state index contributed by atoms with van der Waals surface area (Å²) in [6.07, 6.45) is 0. The Labute approximate surface area is 192 Å². The summed E-state index contributed by atoms with van der Waals surface area (Å²) in [4.78, 5) is 32.4. The molecule has 2 heterocycles. The topological polar surface area (TPSA) is 79.8 Å². The van der Waals surface area contributed by atoms with Crippen molar-refractivity contribution in [2.24, 2.45) is 0 Å². The Hall–Kier alpha value is -2.75. The second-order valence-corrected chi connectivity index (χ2v) is 9.84. The summed E-state index contributed by atoms with van der Waals surface area (Å²) in [5, 5.41) is 3.27. The summed E-state index contributed by atoms with van der Waals surface area (Å²) >= 11 is 7.93. The molecule has 0 atom stereocenters. The molecule has 6 nitrogen and oxygen atoms in total. The predicted octanol–water partition coefficient (Wildman–Crippen LogP) is 5.16. The number of carbonyl (C=O) groups excluding carboxylic acids is 1. The van der Waals surface area contributed by atoms with Gasteiger partial charge in [-0.15, -0.1) is 0 Å². The largest absolute Gasteiger partial charge is 0.325 e. The van der Waals surface area contributed by atoms with E-state index in [1.807, 2.05) is 67.8 Å². The molecule has 0 unspecified atom stereocenters. The van der Waals surface area contributed by atoms with Crippen LogP contribution in [0.1, 0.15) is 16.7 Å². The van der Waals surface area contributed by atoms with E-state index in [4.69, 9.17) is 12.2 Å². The highest BCUT2D eigenvalue weighted by Crippen LogP contribution is 2.26. The molecular weight excluding hydrogens is 448 g/mol. The second kappa shape index (κ2) is 8.78. The Morgan fingerprint density at radius 1 is 1.19 bits per heavy atom. The molecule has 1 amide bonds. The first-order chi connectivity index (χ1) is 14.8. The lowest BCUT2D eigenvalue weighted by molar-refractivity contribution is -0.113. The summed E-state index contributed by atoms with van der Waals surface area (Å²) in [5.41, 5.74) is 5.08. The van der Waals surface area contributed by atoms with Crippen molar-refractivity contribution >= 4 is 57.3 Å². The number of benzene rings is 2. The predicted molar refractivity (Wildman–Crippen MR) is 130 cm³/mol. The highest BCUT2D eigenvalue weighted by atomic mass is 32.2. The second-order valence-electron chi connectivity index (χ2n) is 7.23. The molecule has 4 aromatic rings. The van der Waals surface area contributed by atoms with Gasteiger partial charge in [0, 0.05) is 5.69 Å². The molecule has 0 saturated carbocycles. The van der Waals surface area contributed by atoms with E-state index in [9.17, 15) is 9.59 Å². The SMILES string of the molecule is Cc1cc(C)cc(NC(=O)CSc2nc3c(sc(=S)n3-c3ccccc3C)c(=O)[nH]2)c1. The summed E-state index contributed by atoms with van der Waals surface area (Å²) in [6.45, 7) is 5.96. The third-order valence-corrected chi connectivity index (χ3v) is 6.86. The van der Waals surface area contributed by atoms with Gasteiger partial charge in [-0.05, 0) is 67.9 Å². The third-order valence-electron chi connectivity index (χ3n) is 4.62. The first-order valence-electron chi connectivity index (χ1n) is 9.54. The number of H-pyrrole nitrogens is 1. The highest BCUT2D eigenvalue weighted by molar-refractivity contribution is 7.99. The van der Waals surface area contributed by atoms with Crippen LogP contribution in [0.25, 0.3) is 16.0 Å². The molecular formula is C22H20N4O2S3. The molecule has 0 aliphatic rings. The molecule has 0 bridgehead atoms. The van der Waals surface area contributed by atoms with Gasteiger partial charge in [-0.2, -0.15) is 0 Å². The van der Waals surface area contributed by atoms with Crippen molar-refractivity contribution in [2.45, 2.75) is 25.9 Å². The van der Waals surface area contributed by atoms with E-state index in [1.54, 1.807) is 0 Å². The van der Waals surface area contributed by atoms with E-state index in [0.717, 1.165) is 28.1 Å². The van der Waals surface area contributed by atoms with Crippen LogP contribution in [0.4, 0.5) is 5.69 Å². The number of thioether (sulfide) groups is 1. The van der Waals surface area contributed by atoms with Crippen LogP contribution in [0, 0.1) is 24.7 Å². The molecule has 9 heteroatoms. The van der Waals surface area contributed by atoms with E-state index >= 15 is 0 Å². The van der Waals surface area contributed by atoms with E-state index in [-0.39, 0.29) is 17.2 Å². The molecule has 0 radical (unpaired) electrons. The molecule has 31 heavy (non-hydrogen) atoms. The number of aromatic nitrogens is 3. The maximum atomic E-state index is 12.6. The normalized spacial score (nSPS) is 11.1. The monoisotopic (exact) mass is 468 g/mol. The van der Waals surface area contributed by atoms with Gasteiger partial charge in [0.1, 0.15) is 4.70 Å². The Morgan fingerprint density at radius 2 is 1.90 bits per heavy atom. The zero-order valence-corrected chi connectivity index (χ0v) is 19.6. The number of hydrogen-bond donors (Lipinski definition) is 2. The van der Waals surface area contributed by atoms with Crippen molar-refractivity contribution in [3.63, 3.8) is 0 Å². The van der Waals surface area contributed by atoms with Gasteiger partial charge in [0.15, 0.2) is 14.8 Å². The Morgan fingerprint density at radius 3 is 2.61 bits per heavy atom. The van der Waals surface area contributed by atoms with Crippen molar-refractivity contribution < 1.29 is 4.79 Å². The number of para-hydroxylation sites is 1. The summed E-state index contributed by atoms with van der Waals surface area (Å²) in [6, 6.07) is 13.7. The average Bonchev–Trinajstić information content (AvgIpc) is 3.02. The quantitative estimate of drug-likeness (QED) is 0.240. The van der Waals surface area contributed by atoms with Gasteiger partial charge in [-0.25, -0.2) is 4.98 Å². The molecule has 158 valence electrons. The van der Waals surface area contributed by atoms with Gasteiger partial charge >= 0.3 is 0 Å². The van der Waals surface area contributed by atoms with E-state index in [2.05, 4.69) is 15.3 Å². The third kappa shape index (κ3) is 4.63. The summed E-state index contributed by atoms with van der Waals surface area (Å²) in [7, 11) is 0. The molecule has 0 aliphatic heterocycles. The van der Waals surface area contributed by atoms with Crippen LogP contribution in [-0.4, -0.2) is 26.2 Å². The van der Waals surface area contributed by atoms with E-state index in [1.165, 1.54) is 23.1 Å². The number of rotatable bonds is 5. The Balaban J connectivity index is 1.61. The fourth-order valence-electron chi connectivity index (χ4n) is 3.37. The van der Waals surface area contributed by atoms with Crippen molar-refractivity contribution in [3.05, 3.63) is 73.5 Å². The Kier molecular flexibility index (Phi) is 6.08. The summed E-state index contributed by atoms with van der Waals surface area (Å²) < 4.78 is 2.84. The molecule has 0 saturated heterocycles. The molecule has 0 fully saturated rings. The van der Waals surface area contributed by atoms with Crippen molar-refractivity contribution in [1.29, 1.82) is 0 Å². The number of thiazole rings is 1. The van der Waals surface area contributed by atoms with Crippen molar-refractivity contribution in [3.8, 4) is 5.69 Å². The first kappa shape index (κ1) is 21.5. The molecule has 0 aliphatic carbocycles. The molecule has 2 aromatic carbocycles. The average molecular weight is 469 g/mol. The van der Waals surface area contributed by atoms with Gasteiger partial charge in [-0.1, -0.05) is 47.4 Å². The number of carbonyl (C=O) groups is 1. The van der Waals surface area contributed by atoms with Gasteiger partial charge in [-0.3, -0.25) is 14.2 Å². The van der Waals surface area contributed by atoms with E-state index < -0.39 is 0 Å². The lowest BCUT2D eigenvalue weighted by Crippen LogP contribution is -2.16. The minimum absolute atomic E-state index is 0.122. The Bertz CT molecular complexity index is 1400. The zero-order valence-electron chi connectivity index (χ0n) is 17.2. The van der Waals surface area contributed by atoms with Crippen LogP contribution in [0.5, 0.6) is 0 Å². The minimum Gasteiger partial charge on any atom is -0.325 e. The molecule has 2 aromatic heterocycles. The number of nitrogens with one attached hydrogen (secondary N) is 2. The van der Waals surface area contributed by atoms with Gasteiger partial charge < -0.3 is 10.3 Å². The van der Waals surface area contributed by atoms with E-state index in [0.29, 0.717) is 19.5 Å². The number of amides is 1. The molecule has 2 N–H and O–H groups in total. The number of hydrogen-bond acceptors (Lipinski definition) is 6. The van der Waals surface area contributed by atoms with Gasteiger partial charge in [0.05, 0.1) is 11.4 Å². The van der Waals surface area contributed by atoms with Crippen LogP contribution in [0.2, 0.25) is 0 Å².